The molecule has 0 saturated carbocycles. The van der Waals surface area contributed by atoms with Crippen LogP contribution >= 0.6 is 23.2 Å². The quantitative estimate of drug-likeness (QED) is 0.645. The van der Waals surface area contributed by atoms with E-state index in [-0.39, 0.29) is 5.91 Å². The van der Waals surface area contributed by atoms with Crippen LogP contribution in [0.5, 0.6) is 0 Å². The zero-order valence-electron chi connectivity index (χ0n) is 13.3. The molecule has 7 heteroatoms. The van der Waals surface area contributed by atoms with Crippen LogP contribution in [0.25, 0.3) is 0 Å². The Morgan fingerprint density at radius 2 is 1.85 bits per heavy atom. The molecule has 0 unspecified atom stereocenters. The molecular weight excluding hydrogens is 371 g/mol. The number of benzene rings is 2. The summed E-state index contributed by atoms with van der Waals surface area (Å²) in [5.74, 6) is 0.163. The molecule has 3 rings (SSSR count). The van der Waals surface area contributed by atoms with Crippen molar-refractivity contribution >= 4 is 46.3 Å². The minimum atomic E-state index is -0.356. The maximum absolute atomic E-state index is 12.3. The first-order valence-corrected chi connectivity index (χ1v) is 8.31. The molecule has 0 radical (unpaired) electrons. The number of pyridine rings is 1. The second kappa shape index (κ2) is 7.87. The van der Waals surface area contributed by atoms with Crippen molar-refractivity contribution in [3.05, 3.63) is 82.0 Å². The third-order valence-corrected chi connectivity index (χ3v) is 4.08. The maximum atomic E-state index is 12.3. The van der Waals surface area contributed by atoms with Crippen LogP contribution in [0, 0.1) is 11.3 Å². The number of hydrogen-bond donors (Lipinski definition) is 2. The van der Waals surface area contributed by atoms with Crippen molar-refractivity contribution in [1.29, 1.82) is 5.26 Å². The molecule has 1 amide bonds. The molecule has 0 saturated heterocycles. The van der Waals surface area contributed by atoms with Crippen molar-refractivity contribution in [3.8, 4) is 6.07 Å². The third kappa shape index (κ3) is 4.12. The molecule has 5 nitrogen and oxygen atoms in total. The molecule has 0 aliphatic heterocycles. The van der Waals surface area contributed by atoms with Gasteiger partial charge in [-0.25, -0.2) is 4.98 Å². The molecule has 0 bridgehead atoms. The van der Waals surface area contributed by atoms with E-state index in [1.54, 1.807) is 48.5 Å². The number of nitrogens with zero attached hydrogens (tertiary/aromatic N) is 2. The van der Waals surface area contributed by atoms with E-state index < -0.39 is 0 Å². The average Bonchev–Trinajstić information content (AvgIpc) is 2.65. The molecular formula is C19H12Cl2N4O. The summed E-state index contributed by atoms with van der Waals surface area (Å²) < 4.78 is 0. The number of para-hydroxylation sites is 1. The van der Waals surface area contributed by atoms with Crippen LogP contribution in [0.3, 0.4) is 0 Å². The molecule has 1 heterocycles. The van der Waals surface area contributed by atoms with E-state index in [0.29, 0.717) is 38.4 Å². The first kappa shape index (κ1) is 17.7. The van der Waals surface area contributed by atoms with Crippen LogP contribution in [-0.2, 0) is 0 Å². The Morgan fingerprint density at radius 3 is 2.58 bits per heavy atom. The van der Waals surface area contributed by atoms with Crippen molar-refractivity contribution in [3.63, 3.8) is 0 Å². The van der Waals surface area contributed by atoms with Crippen molar-refractivity contribution in [1.82, 2.24) is 4.98 Å². The molecule has 128 valence electrons. The SMILES string of the molecule is N#Cc1ccccc1Nc1ccc(C(=O)Nc2cc(Cl)ccc2Cl)cn1. The summed E-state index contributed by atoms with van der Waals surface area (Å²) in [5.41, 5.74) is 1.94. The highest BCUT2D eigenvalue weighted by Gasteiger charge is 2.10. The first-order chi connectivity index (χ1) is 12.6. The van der Waals surface area contributed by atoms with Gasteiger partial charge in [0.1, 0.15) is 11.9 Å². The predicted octanol–water partition coefficient (Wildman–Crippen LogP) is 5.26. The van der Waals surface area contributed by atoms with Gasteiger partial charge in [0.2, 0.25) is 0 Å². The van der Waals surface area contributed by atoms with Gasteiger partial charge in [0.15, 0.2) is 0 Å². The molecule has 26 heavy (non-hydrogen) atoms. The van der Waals surface area contributed by atoms with Gasteiger partial charge < -0.3 is 10.6 Å². The van der Waals surface area contributed by atoms with Crippen molar-refractivity contribution in [2.75, 3.05) is 10.6 Å². The average molecular weight is 383 g/mol. The van der Waals surface area contributed by atoms with Crippen LogP contribution < -0.4 is 10.6 Å². The van der Waals surface area contributed by atoms with Gasteiger partial charge in [-0.3, -0.25) is 4.79 Å². The van der Waals surface area contributed by atoms with Crippen molar-refractivity contribution < 1.29 is 4.79 Å². The summed E-state index contributed by atoms with van der Waals surface area (Å²) in [4.78, 5) is 16.5. The topological polar surface area (TPSA) is 77.8 Å². The highest BCUT2D eigenvalue weighted by Crippen LogP contribution is 2.26. The molecule has 1 aromatic heterocycles. The molecule has 0 fully saturated rings. The van der Waals surface area contributed by atoms with Crippen molar-refractivity contribution in [2.24, 2.45) is 0 Å². The molecule has 0 aliphatic carbocycles. The minimum Gasteiger partial charge on any atom is -0.339 e. The number of carbonyl (C=O) groups excluding carboxylic acids is 1. The third-order valence-electron chi connectivity index (χ3n) is 3.51. The van der Waals surface area contributed by atoms with Crippen LogP contribution in [0.2, 0.25) is 10.0 Å². The lowest BCUT2D eigenvalue weighted by Crippen LogP contribution is -2.12. The second-order valence-corrected chi connectivity index (χ2v) is 6.14. The molecule has 0 atom stereocenters. The molecule has 0 aliphatic rings. The van der Waals surface area contributed by atoms with E-state index in [1.807, 2.05) is 6.07 Å². The van der Waals surface area contributed by atoms with Gasteiger partial charge in [-0.2, -0.15) is 5.26 Å². The highest BCUT2D eigenvalue weighted by atomic mass is 35.5. The number of amides is 1. The van der Waals surface area contributed by atoms with Crippen LogP contribution in [0.1, 0.15) is 15.9 Å². The van der Waals surface area contributed by atoms with E-state index in [4.69, 9.17) is 28.5 Å². The fourth-order valence-electron chi connectivity index (χ4n) is 2.22. The van der Waals surface area contributed by atoms with Crippen LogP contribution in [0.15, 0.2) is 60.8 Å². The first-order valence-electron chi connectivity index (χ1n) is 7.55. The molecule has 2 aromatic carbocycles. The minimum absolute atomic E-state index is 0.356. The Bertz CT molecular complexity index is 997. The molecule has 0 spiro atoms. The van der Waals surface area contributed by atoms with E-state index >= 15 is 0 Å². The summed E-state index contributed by atoms with van der Waals surface area (Å²) in [7, 11) is 0. The van der Waals surface area contributed by atoms with E-state index in [2.05, 4.69) is 21.7 Å². The summed E-state index contributed by atoms with van der Waals surface area (Å²) in [6.07, 6.45) is 1.44. The lowest BCUT2D eigenvalue weighted by molar-refractivity contribution is 0.102. The molecule has 2 N–H and O–H groups in total. The van der Waals surface area contributed by atoms with E-state index in [9.17, 15) is 4.79 Å². The summed E-state index contributed by atoms with van der Waals surface area (Å²) in [6, 6.07) is 17.3. The monoisotopic (exact) mass is 382 g/mol. The van der Waals surface area contributed by atoms with Crippen LogP contribution in [-0.4, -0.2) is 10.9 Å². The van der Waals surface area contributed by atoms with Crippen LogP contribution in [0.4, 0.5) is 17.2 Å². The Kier molecular flexibility index (Phi) is 5.37. The summed E-state index contributed by atoms with van der Waals surface area (Å²) in [6.45, 7) is 0. The number of halogens is 2. The number of anilines is 3. The highest BCUT2D eigenvalue weighted by molar-refractivity contribution is 6.35. The van der Waals surface area contributed by atoms with Gasteiger partial charge >= 0.3 is 0 Å². The normalized spacial score (nSPS) is 10.0. The number of rotatable bonds is 4. The lowest BCUT2D eigenvalue weighted by Gasteiger charge is -2.09. The Morgan fingerprint density at radius 1 is 1.04 bits per heavy atom. The largest absolute Gasteiger partial charge is 0.339 e. The fraction of sp³-hybridized carbons (Fsp3) is 0. The van der Waals surface area contributed by atoms with Gasteiger partial charge in [-0.05, 0) is 42.5 Å². The predicted molar refractivity (Wildman–Crippen MR) is 103 cm³/mol. The Hall–Kier alpha value is -3.07. The van der Waals surface area contributed by atoms with Gasteiger partial charge in [0, 0.05) is 11.2 Å². The fourth-order valence-corrected chi connectivity index (χ4v) is 2.55. The zero-order chi connectivity index (χ0) is 18.5. The van der Waals surface area contributed by atoms with E-state index in [0.717, 1.165) is 0 Å². The van der Waals surface area contributed by atoms with Gasteiger partial charge in [0.25, 0.3) is 5.91 Å². The number of nitrogens with one attached hydrogen (secondary N) is 2. The second-order valence-electron chi connectivity index (χ2n) is 5.29. The number of nitriles is 1. The summed E-state index contributed by atoms with van der Waals surface area (Å²) >= 11 is 12.0. The number of carbonyl (C=O) groups is 1. The standard InChI is InChI=1S/C19H12Cl2N4O/c20-14-6-7-15(21)17(9-14)25-19(26)13-5-8-18(23-11-13)24-16-4-2-1-3-12(16)10-22/h1-9,11H,(H,23,24)(H,25,26). The lowest BCUT2D eigenvalue weighted by atomic mass is 10.2. The summed E-state index contributed by atoms with van der Waals surface area (Å²) in [5, 5.41) is 15.7. The smallest absolute Gasteiger partial charge is 0.257 e. The van der Waals surface area contributed by atoms with Gasteiger partial charge in [0.05, 0.1) is 27.5 Å². The van der Waals surface area contributed by atoms with Gasteiger partial charge in [-0.1, -0.05) is 35.3 Å². The van der Waals surface area contributed by atoms with E-state index in [1.165, 1.54) is 6.20 Å². The van der Waals surface area contributed by atoms with Gasteiger partial charge in [-0.15, -0.1) is 0 Å². The Labute approximate surface area is 160 Å². The number of aromatic nitrogens is 1. The maximum Gasteiger partial charge on any atom is 0.257 e. The Balaban J connectivity index is 1.74. The number of hydrogen-bond acceptors (Lipinski definition) is 4. The zero-order valence-corrected chi connectivity index (χ0v) is 14.8. The van der Waals surface area contributed by atoms with Crippen molar-refractivity contribution in [2.45, 2.75) is 0 Å². The molecule has 3 aromatic rings.